The fourth-order valence-corrected chi connectivity index (χ4v) is 4.44. The second-order valence-electron chi connectivity index (χ2n) is 7.13. The summed E-state index contributed by atoms with van der Waals surface area (Å²) in [5, 5.41) is 11.2. The average Bonchev–Trinajstić information content (AvgIpc) is 3.17. The van der Waals surface area contributed by atoms with Crippen LogP contribution in [0.2, 0.25) is 0 Å². The Hall–Kier alpha value is -2.34. The van der Waals surface area contributed by atoms with Gasteiger partial charge in [0.05, 0.1) is 7.11 Å². The predicted octanol–water partition coefficient (Wildman–Crippen LogP) is 2.08. The smallest absolute Gasteiger partial charge is 0.254 e. The van der Waals surface area contributed by atoms with Gasteiger partial charge in [-0.25, -0.2) is 4.98 Å². The highest BCUT2D eigenvalue weighted by atomic mass is 16.5. The molecule has 2 aliphatic rings. The van der Waals surface area contributed by atoms with Gasteiger partial charge in [0.15, 0.2) is 0 Å². The van der Waals surface area contributed by atoms with E-state index >= 15 is 0 Å². The SMILES string of the molecule is COc1ccc(C(=O)N2[C@@H]3CC[C@@H]2CC(O)(c2nccn2C)C3)cc1. The van der Waals surface area contributed by atoms with E-state index in [1.807, 2.05) is 34.8 Å². The number of amides is 1. The number of carbonyl (C=O) groups is 1. The Balaban J connectivity index is 1.58. The van der Waals surface area contributed by atoms with E-state index in [0.717, 1.165) is 18.6 Å². The second-order valence-corrected chi connectivity index (χ2v) is 7.13. The van der Waals surface area contributed by atoms with Gasteiger partial charge in [0.2, 0.25) is 0 Å². The van der Waals surface area contributed by atoms with Gasteiger partial charge in [-0.3, -0.25) is 4.79 Å². The maximum Gasteiger partial charge on any atom is 0.254 e. The lowest BCUT2D eigenvalue weighted by atomic mass is 9.85. The Kier molecular flexibility index (Phi) is 3.80. The van der Waals surface area contributed by atoms with Crippen molar-refractivity contribution in [3.8, 4) is 5.75 Å². The zero-order chi connectivity index (χ0) is 17.6. The first-order valence-corrected chi connectivity index (χ1v) is 8.69. The van der Waals surface area contributed by atoms with E-state index in [1.54, 1.807) is 25.4 Å². The van der Waals surface area contributed by atoms with Gasteiger partial charge in [-0.2, -0.15) is 0 Å². The molecule has 132 valence electrons. The Bertz CT molecular complexity index is 769. The van der Waals surface area contributed by atoms with E-state index in [1.165, 1.54) is 0 Å². The summed E-state index contributed by atoms with van der Waals surface area (Å²) in [5.74, 6) is 1.47. The minimum absolute atomic E-state index is 0.0389. The number of hydrogen-bond acceptors (Lipinski definition) is 4. The molecule has 25 heavy (non-hydrogen) atoms. The molecular weight excluding hydrogens is 318 g/mol. The summed E-state index contributed by atoms with van der Waals surface area (Å²) >= 11 is 0. The Morgan fingerprint density at radius 1 is 1.24 bits per heavy atom. The quantitative estimate of drug-likeness (QED) is 0.928. The monoisotopic (exact) mass is 341 g/mol. The number of carbonyl (C=O) groups excluding carboxylic acids is 1. The summed E-state index contributed by atoms with van der Waals surface area (Å²) in [5.41, 5.74) is -0.291. The summed E-state index contributed by atoms with van der Waals surface area (Å²) < 4.78 is 7.04. The van der Waals surface area contributed by atoms with Crippen LogP contribution in [0.15, 0.2) is 36.7 Å². The highest BCUT2D eigenvalue weighted by molar-refractivity contribution is 5.95. The van der Waals surface area contributed by atoms with Gasteiger partial charge < -0.3 is 19.3 Å². The average molecular weight is 341 g/mol. The van der Waals surface area contributed by atoms with Crippen molar-refractivity contribution in [3.05, 3.63) is 48.0 Å². The number of aryl methyl sites for hydroxylation is 1. The topological polar surface area (TPSA) is 67.6 Å². The number of piperidine rings is 1. The number of hydrogen-bond donors (Lipinski definition) is 1. The van der Waals surface area contributed by atoms with Crippen LogP contribution in [0.5, 0.6) is 5.75 Å². The van der Waals surface area contributed by atoms with Crippen molar-refractivity contribution >= 4 is 5.91 Å². The molecule has 1 aromatic carbocycles. The normalized spacial score (nSPS) is 28.2. The highest BCUT2D eigenvalue weighted by Gasteiger charge is 2.51. The Morgan fingerprint density at radius 3 is 2.40 bits per heavy atom. The fourth-order valence-electron chi connectivity index (χ4n) is 4.44. The summed E-state index contributed by atoms with van der Waals surface area (Å²) in [4.78, 5) is 19.3. The molecule has 6 nitrogen and oxygen atoms in total. The first kappa shape index (κ1) is 16.1. The molecule has 2 fully saturated rings. The maximum atomic E-state index is 13.0. The minimum Gasteiger partial charge on any atom is -0.497 e. The van der Waals surface area contributed by atoms with Crippen molar-refractivity contribution < 1.29 is 14.6 Å². The first-order chi connectivity index (χ1) is 12.0. The Labute approximate surface area is 147 Å². The molecule has 3 heterocycles. The van der Waals surface area contributed by atoms with Crippen molar-refractivity contribution in [2.24, 2.45) is 7.05 Å². The number of benzene rings is 1. The predicted molar refractivity (Wildman–Crippen MR) is 92.3 cm³/mol. The molecule has 2 atom stereocenters. The minimum atomic E-state index is -0.958. The molecule has 2 bridgehead atoms. The van der Waals surface area contributed by atoms with Crippen LogP contribution < -0.4 is 4.74 Å². The molecule has 1 amide bonds. The Morgan fingerprint density at radius 2 is 1.88 bits per heavy atom. The van der Waals surface area contributed by atoms with E-state index < -0.39 is 5.60 Å². The summed E-state index contributed by atoms with van der Waals surface area (Å²) in [7, 11) is 3.51. The van der Waals surface area contributed by atoms with E-state index in [-0.39, 0.29) is 18.0 Å². The third kappa shape index (κ3) is 2.61. The molecule has 0 radical (unpaired) electrons. The summed E-state index contributed by atoms with van der Waals surface area (Å²) in [6.07, 6.45) is 6.50. The van der Waals surface area contributed by atoms with Gasteiger partial charge in [-0.15, -0.1) is 0 Å². The zero-order valence-electron chi connectivity index (χ0n) is 14.6. The number of aromatic nitrogens is 2. The van der Waals surface area contributed by atoms with E-state index in [9.17, 15) is 9.90 Å². The van der Waals surface area contributed by atoms with Gasteiger partial charge >= 0.3 is 0 Å². The molecule has 4 rings (SSSR count). The lowest BCUT2D eigenvalue weighted by Gasteiger charge is -2.43. The van der Waals surface area contributed by atoms with Gasteiger partial charge in [0.1, 0.15) is 17.2 Å². The molecule has 0 spiro atoms. The van der Waals surface area contributed by atoms with Crippen LogP contribution in [0.1, 0.15) is 41.9 Å². The van der Waals surface area contributed by atoms with Crippen molar-refractivity contribution in [1.82, 2.24) is 14.5 Å². The molecule has 2 saturated heterocycles. The largest absolute Gasteiger partial charge is 0.497 e. The van der Waals surface area contributed by atoms with Gasteiger partial charge in [-0.05, 0) is 37.1 Å². The third-order valence-corrected chi connectivity index (χ3v) is 5.58. The number of nitrogens with zero attached hydrogens (tertiary/aromatic N) is 3. The molecular formula is C19H23N3O3. The number of methoxy groups -OCH3 is 1. The number of imidazole rings is 1. The fraction of sp³-hybridized carbons (Fsp3) is 0.474. The molecule has 1 N–H and O–H groups in total. The van der Waals surface area contributed by atoms with Crippen LogP contribution in [0.4, 0.5) is 0 Å². The molecule has 0 aliphatic carbocycles. The van der Waals surface area contributed by atoms with Crippen LogP contribution in [-0.4, -0.2) is 44.7 Å². The zero-order valence-corrected chi connectivity index (χ0v) is 14.6. The molecule has 1 aromatic heterocycles. The number of ether oxygens (including phenoxy) is 1. The van der Waals surface area contributed by atoms with E-state index in [4.69, 9.17) is 4.74 Å². The van der Waals surface area contributed by atoms with Crippen LogP contribution in [0.3, 0.4) is 0 Å². The van der Waals surface area contributed by atoms with Gasteiger partial charge in [-0.1, -0.05) is 0 Å². The number of aliphatic hydroxyl groups is 1. The number of rotatable bonds is 3. The van der Waals surface area contributed by atoms with Crippen molar-refractivity contribution in [2.45, 2.75) is 43.4 Å². The summed E-state index contributed by atoms with van der Waals surface area (Å²) in [6, 6.07) is 7.33. The molecule has 0 saturated carbocycles. The maximum absolute atomic E-state index is 13.0. The summed E-state index contributed by atoms with van der Waals surface area (Å²) in [6.45, 7) is 0. The van der Waals surface area contributed by atoms with Crippen LogP contribution >= 0.6 is 0 Å². The van der Waals surface area contributed by atoms with Gasteiger partial charge in [0.25, 0.3) is 5.91 Å². The van der Waals surface area contributed by atoms with Crippen molar-refractivity contribution in [1.29, 1.82) is 0 Å². The molecule has 0 unspecified atom stereocenters. The molecule has 2 aliphatic heterocycles. The molecule has 2 aromatic rings. The standard InChI is InChI=1S/C19H23N3O3/c1-21-10-9-20-18(21)19(24)11-14-5-6-15(12-19)22(14)17(23)13-3-7-16(25-2)8-4-13/h3-4,7-10,14-15,24H,5-6,11-12H2,1-2H3/t14-,15-/m1/s1. The number of fused-ring (bicyclic) bond motifs is 2. The van der Waals surface area contributed by atoms with Crippen molar-refractivity contribution in [3.63, 3.8) is 0 Å². The lowest BCUT2D eigenvalue weighted by Crippen LogP contribution is -2.52. The van der Waals surface area contributed by atoms with E-state index in [2.05, 4.69) is 4.98 Å². The van der Waals surface area contributed by atoms with Crippen molar-refractivity contribution in [2.75, 3.05) is 7.11 Å². The third-order valence-electron chi connectivity index (χ3n) is 5.58. The van der Waals surface area contributed by atoms with Gasteiger partial charge in [0, 0.05) is 49.9 Å². The highest BCUT2D eigenvalue weighted by Crippen LogP contribution is 2.45. The van der Waals surface area contributed by atoms with Crippen LogP contribution in [0, 0.1) is 0 Å². The first-order valence-electron chi connectivity index (χ1n) is 8.69. The van der Waals surface area contributed by atoms with Crippen LogP contribution in [-0.2, 0) is 12.6 Å². The lowest BCUT2D eigenvalue weighted by molar-refractivity contribution is -0.0555. The van der Waals surface area contributed by atoms with E-state index in [0.29, 0.717) is 24.2 Å². The molecule has 6 heteroatoms. The van der Waals surface area contributed by atoms with Crippen LogP contribution in [0.25, 0.3) is 0 Å². The second kappa shape index (κ2) is 5.88.